The van der Waals surface area contributed by atoms with Gasteiger partial charge >= 0.3 is 0 Å². The van der Waals surface area contributed by atoms with Gasteiger partial charge in [0.2, 0.25) is 5.78 Å². The Kier molecular flexibility index (Phi) is 5.51. The summed E-state index contributed by atoms with van der Waals surface area (Å²) in [4.78, 5) is 32.0. The van der Waals surface area contributed by atoms with Gasteiger partial charge in [0.25, 0.3) is 5.91 Å². The van der Waals surface area contributed by atoms with Crippen molar-refractivity contribution in [3.63, 3.8) is 0 Å². The molecule has 1 unspecified atom stereocenters. The maximum Gasteiger partial charge on any atom is 0.290 e. The van der Waals surface area contributed by atoms with E-state index in [1.54, 1.807) is 59.2 Å². The molecule has 0 bridgehead atoms. The first-order valence-corrected chi connectivity index (χ1v) is 10.4. The van der Waals surface area contributed by atoms with E-state index in [4.69, 9.17) is 11.6 Å². The molecular weight excluding hydrogens is 410 g/mol. The Morgan fingerprint density at radius 1 is 1.21 bits per heavy atom. The molecule has 0 aliphatic carbocycles. The van der Waals surface area contributed by atoms with Gasteiger partial charge in [-0.2, -0.15) is 0 Å². The smallest absolute Gasteiger partial charge is 0.290 e. The molecule has 29 heavy (non-hydrogen) atoms. The van der Waals surface area contributed by atoms with Crippen molar-refractivity contribution in [2.24, 2.45) is 0 Å². The van der Waals surface area contributed by atoms with E-state index >= 15 is 0 Å². The third-order valence-corrected chi connectivity index (χ3v) is 5.97. The molecular formula is C21H18ClN3O3S. The molecule has 1 N–H and O–H groups in total. The molecule has 1 aliphatic rings. The maximum absolute atomic E-state index is 13.1. The lowest BCUT2D eigenvalue weighted by atomic mass is 9.95. The lowest BCUT2D eigenvalue weighted by molar-refractivity contribution is -0.129. The predicted octanol–water partition coefficient (Wildman–Crippen LogP) is 4.27. The van der Waals surface area contributed by atoms with Gasteiger partial charge < -0.3 is 14.6 Å². The van der Waals surface area contributed by atoms with Crippen LogP contribution in [0.5, 0.6) is 0 Å². The Labute approximate surface area is 176 Å². The highest BCUT2D eigenvalue weighted by Crippen LogP contribution is 2.39. The average molecular weight is 428 g/mol. The number of halogens is 1. The number of carbonyl (C=O) groups excluding carboxylic acids is 2. The number of aliphatic hydroxyl groups excluding tert-OH is 1. The van der Waals surface area contributed by atoms with Gasteiger partial charge in [-0.15, -0.1) is 11.3 Å². The molecule has 1 atom stereocenters. The van der Waals surface area contributed by atoms with Gasteiger partial charge in [-0.1, -0.05) is 29.8 Å². The van der Waals surface area contributed by atoms with E-state index in [2.05, 4.69) is 4.98 Å². The molecule has 8 heteroatoms. The minimum Gasteiger partial charge on any atom is -0.503 e. The van der Waals surface area contributed by atoms with E-state index in [-0.39, 0.29) is 11.4 Å². The van der Waals surface area contributed by atoms with Crippen LogP contribution in [0.3, 0.4) is 0 Å². The standard InChI is InChI=1S/C21H18ClN3O3S/c22-15-6-4-14(5-7-15)18-17(19(26)16-3-1-12-29-16)20(27)21(28)25(18)10-2-9-24-11-8-23-13-24/h1,3-8,11-13,18,27H,2,9-10H2. The van der Waals surface area contributed by atoms with Crippen molar-refractivity contribution < 1.29 is 14.7 Å². The van der Waals surface area contributed by atoms with E-state index in [0.29, 0.717) is 29.4 Å². The second kappa shape index (κ2) is 8.23. The van der Waals surface area contributed by atoms with Crippen molar-refractivity contribution in [2.75, 3.05) is 6.54 Å². The summed E-state index contributed by atoms with van der Waals surface area (Å²) in [6.45, 7) is 1.06. The van der Waals surface area contributed by atoms with Gasteiger partial charge in [-0.25, -0.2) is 4.98 Å². The average Bonchev–Trinajstić information content (AvgIpc) is 3.47. The number of aliphatic hydroxyl groups is 1. The Bertz CT molecular complexity index is 1040. The van der Waals surface area contributed by atoms with E-state index < -0.39 is 17.7 Å². The number of carbonyl (C=O) groups is 2. The Morgan fingerprint density at radius 2 is 2.00 bits per heavy atom. The van der Waals surface area contributed by atoms with E-state index in [1.165, 1.54) is 11.3 Å². The molecule has 6 nitrogen and oxygen atoms in total. The summed E-state index contributed by atoms with van der Waals surface area (Å²) >= 11 is 7.30. The second-order valence-corrected chi connectivity index (χ2v) is 8.06. The van der Waals surface area contributed by atoms with Crippen LogP contribution in [0, 0.1) is 0 Å². The molecule has 1 aromatic carbocycles. The lowest BCUT2D eigenvalue weighted by Crippen LogP contribution is -2.32. The number of benzene rings is 1. The molecule has 0 fully saturated rings. The zero-order chi connectivity index (χ0) is 20.4. The largest absolute Gasteiger partial charge is 0.503 e. The molecule has 0 saturated carbocycles. The first-order valence-electron chi connectivity index (χ1n) is 9.10. The fourth-order valence-corrected chi connectivity index (χ4v) is 4.29. The monoisotopic (exact) mass is 427 g/mol. The molecule has 148 valence electrons. The first kappa shape index (κ1) is 19.4. The number of imidazole rings is 1. The van der Waals surface area contributed by atoms with Crippen LogP contribution in [0.2, 0.25) is 5.02 Å². The van der Waals surface area contributed by atoms with Crippen LogP contribution >= 0.6 is 22.9 Å². The van der Waals surface area contributed by atoms with Crippen molar-refractivity contribution in [1.82, 2.24) is 14.5 Å². The van der Waals surface area contributed by atoms with Crippen LogP contribution in [0.1, 0.15) is 27.7 Å². The van der Waals surface area contributed by atoms with Crippen molar-refractivity contribution >= 4 is 34.6 Å². The van der Waals surface area contributed by atoms with Gasteiger partial charge in [0.15, 0.2) is 5.76 Å². The van der Waals surface area contributed by atoms with E-state index in [1.807, 2.05) is 10.8 Å². The molecule has 0 radical (unpaired) electrons. The highest BCUT2D eigenvalue weighted by molar-refractivity contribution is 7.12. The van der Waals surface area contributed by atoms with Crippen LogP contribution in [-0.4, -0.2) is 37.8 Å². The number of thiophene rings is 1. The number of Topliss-reactive ketones (excluding diaryl/α,β-unsaturated/α-hetero) is 1. The number of amides is 1. The summed E-state index contributed by atoms with van der Waals surface area (Å²) in [7, 11) is 0. The highest BCUT2D eigenvalue weighted by atomic mass is 35.5. The molecule has 2 aromatic heterocycles. The van der Waals surface area contributed by atoms with Gasteiger partial charge in [0.05, 0.1) is 22.8 Å². The Morgan fingerprint density at radius 3 is 2.66 bits per heavy atom. The summed E-state index contributed by atoms with van der Waals surface area (Å²) < 4.78 is 1.92. The van der Waals surface area contributed by atoms with Gasteiger partial charge in [0, 0.05) is 30.5 Å². The van der Waals surface area contributed by atoms with Crippen LogP contribution < -0.4 is 0 Å². The number of ketones is 1. The topological polar surface area (TPSA) is 75.4 Å². The number of aromatic nitrogens is 2. The summed E-state index contributed by atoms with van der Waals surface area (Å²) in [5.41, 5.74) is 0.844. The fourth-order valence-electron chi connectivity index (χ4n) is 3.49. The minimum absolute atomic E-state index is 0.113. The predicted molar refractivity (Wildman–Crippen MR) is 111 cm³/mol. The Hall–Kier alpha value is -2.90. The summed E-state index contributed by atoms with van der Waals surface area (Å²) in [6, 6.07) is 9.80. The van der Waals surface area contributed by atoms with Crippen molar-refractivity contribution in [3.05, 3.63) is 87.3 Å². The molecule has 4 rings (SSSR count). The van der Waals surface area contributed by atoms with Crippen molar-refractivity contribution in [3.8, 4) is 0 Å². The summed E-state index contributed by atoms with van der Waals surface area (Å²) in [6.07, 6.45) is 5.91. The number of hydrogen-bond acceptors (Lipinski definition) is 5. The molecule has 1 amide bonds. The number of hydrogen-bond donors (Lipinski definition) is 1. The van der Waals surface area contributed by atoms with E-state index in [0.717, 1.165) is 5.56 Å². The zero-order valence-corrected chi connectivity index (χ0v) is 16.9. The second-order valence-electron chi connectivity index (χ2n) is 6.68. The van der Waals surface area contributed by atoms with Crippen LogP contribution in [0.15, 0.2) is 71.8 Å². The minimum atomic E-state index is -0.655. The fraction of sp³-hybridized carbons (Fsp3) is 0.190. The lowest BCUT2D eigenvalue weighted by Gasteiger charge is -2.27. The van der Waals surface area contributed by atoms with Crippen LogP contribution in [0.25, 0.3) is 0 Å². The molecule has 3 aromatic rings. The number of rotatable bonds is 7. The van der Waals surface area contributed by atoms with Crippen molar-refractivity contribution in [2.45, 2.75) is 19.0 Å². The number of nitrogens with zero attached hydrogens (tertiary/aromatic N) is 3. The SMILES string of the molecule is O=C(C1=C(O)C(=O)N(CCCn2ccnc2)C1c1ccc(Cl)cc1)c1cccs1. The third kappa shape index (κ3) is 3.83. The normalized spacial score (nSPS) is 16.7. The molecule has 0 saturated heterocycles. The molecule has 1 aliphatic heterocycles. The Balaban J connectivity index is 1.66. The molecule has 3 heterocycles. The van der Waals surface area contributed by atoms with Crippen molar-refractivity contribution in [1.29, 1.82) is 0 Å². The third-order valence-electron chi connectivity index (χ3n) is 4.85. The zero-order valence-electron chi connectivity index (χ0n) is 15.4. The molecule has 0 spiro atoms. The highest BCUT2D eigenvalue weighted by Gasteiger charge is 2.43. The van der Waals surface area contributed by atoms with Gasteiger partial charge in [-0.05, 0) is 35.6 Å². The number of aryl methyl sites for hydroxylation is 1. The van der Waals surface area contributed by atoms with Gasteiger partial charge in [-0.3, -0.25) is 9.59 Å². The quantitative estimate of drug-likeness (QED) is 0.571. The maximum atomic E-state index is 13.1. The van der Waals surface area contributed by atoms with Gasteiger partial charge in [0.1, 0.15) is 0 Å². The summed E-state index contributed by atoms with van der Waals surface area (Å²) in [5.74, 6) is -1.34. The summed E-state index contributed by atoms with van der Waals surface area (Å²) in [5, 5.41) is 13.0. The first-order chi connectivity index (χ1) is 14.1. The van der Waals surface area contributed by atoms with E-state index in [9.17, 15) is 14.7 Å². The van der Waals surface area contributed by atoms with Crippen LogP contribution in [0.4, 0.5) is 0 Å². The van der Waals surface area contributed by atoms with Crippen LogP contribution in [-0.2, 0) is 11.3 Å².